The van der Waals surface area contributed by atoms with Gasteiger partial charge < -0.3 is 10.6 Å². The van der Waals surface area contributed by atoms with Gasteiger partial charge in [-0.1, -0.05) is 29.8 Å². The molecule has 4 heteroatoms. The Bertz CT molecular complexity index is 354. The topological polar surface area (TPSA) is 41.1 Å². The van der Waals surface area contributed by atoms with E-state index in [4.69, 9.17) is 11.6 Å². The number of piperazine rings is 1. The fourth-order valence-corrected chi connectivity index (χ4v) is 1.80. The lowest BCUT2D eigenvalue weighted by Crippen LogP contribution is -2.47. The lowest BCUT2D eigenvalue weighted by Gasteiger charge is -2.24. The summed E-state index contributed by atoms with van der Waals surface area (Å²) in [6.45, 7) is 1.46. The highest BCUT2D eigenvalue weighted by Crippen LogP contribution is 2.23. The van der Waals surface area contributed by atoms with Crippen molar-refractivity contribution in [3.05, 3.63) is 34.9 Å². The molecule has 0 spiro atoms. The highest BCUT2D eigenvalue weighted by Gasteiger charge is 2.24. The summed E-state index contributed by atoms with van der Waals surface area (Å²) in [5, 5.41) is 6.55. The van der Waals surface area contributed by atoms with Crippen molar-refractivity contribution < 1.29 is 4.79 Å². The summed E-state index contributed by atoms with van der Waals surface area (Å²) in [5.74, 6) is -0.00986. The first-order chi connectivity index (χ1) is 6.79. The zero-order valence-corrected chi connectivity index (χ0v) is 8.34. The van der Waals surface area contributed by atoms with Gasteiger partial charge in [0.1, 0.15) is 6.04 Å². The Balaban J connectivity index is 2.29. The maximum absolute atomic E-state index is 11.5. The first-order valence-electron chi connectivity index (χ1n) is 4.54. The molecule has 0 unspecified atom stereocenters. The molecule has 1 amide bonds. The zero-order chi connectivity index (χ0) is 9.97. The van der Waals surface area contributed by atoms with Gasteiger partial charge in [0.2, 0.25) is 5.91 Å². The lowest BCUT2D eigenvalue weighted by molar-refractivity contribution is -0.124. The predicted octanol–water partition coefficient (Wildman–Crippen LogP) is 1.10. The first kappa shape index (κ1) is 9.49. The van der Waals surface area contributed by atoms with Crippen molar-refractivity contribution in [1.82, 2.24) is 10.6 Å². The molecule has 0 radical (unpaired) electrons. The molecule has 14 heavy (non-hydrogen) atoms. The van der Waals surface area contributed by atoms with Crippen molar-refractivity contribution in [3.63, 3.8) is 0 Å². The van der Waals surface area contributed by atoms with Gasteiger partial charge >= 0.3 is 0 Å². The molecule has 0 aromatic heterocycles. The summed E-state index contributed by atoms with van der Waals surface area (Å²) in [4.78, 5) is 11.5. The van der Waals surface area contributed by atoms with Gasteiger partial charge in [0, 0.05) is 18.1 Å². The largest absolute Gasteiger partial charge is 0.353 e. The van der Waals surface area contributed by atoms with Crippen molar-refractivity contribution in [2.75, 3.05) is 13.1 Å². The molecule has 2 rings (SSSR count). The van der Waals surface area contributed by atoms with E-state index in [1.54, 1.807) is 6.07 Å². The Kier molecular flexibility index (Phi) is 2.70. The summed E-state index contributed by atoms with van der Waals surface area (Å²) in [6, 6.07) is 7.08. The van der Waals surface area contributed by atoms with E-state index in [-0.39, 0.29) is 11.9 Å². The van der Waals surface area contributed by atoms with Crippen LogP contribution in [0.25, 0.3) is 0 Å². The van der Waals surface area contributed by atoms with Gasteiger partial charge in [-0.05, 0) is 11.6 Å². The Labute approximate surface area is 87.4 Å². The number of amides is 1. The molecule has 1 atom stereocenters. The third-order valence-electron chi connectivity index (χ3n) is 2.25. The number of carbonyl (C=O) groups is 1. The highest BCUT2D eigenvalue weighted by atomic mass is 35.5. The van der Waals surface area contributed by atoms with Crippen molar-refractivity contribution in [1.29, 1.82) is 0 Å². The molecule has 0 saturated carbocycles. The van der Waals surface area contributed by atoms with Crippen LogP contribution in [0, 0.1) is 0 Å². The van der Waals surface area contributed by atoms with Crippen LogP contribution < -0.4 is 10.6 Å². The van der Waals surface area contributed by atoms with Crippen LogP contribution in [0.2, 0.25) is 5.02 Å². The van der Waals surface area contributed by atoms with Gasteiger partial charge in [0.15, 0.2) is 0 Å². The first-order valence-corrected chi connectivity index (χ1v) is 4.92. The van der Waals surface area contributed by atoms with Gasteiger partial charge in [-0.3, -0.25) is 4.79 Å². The number of carbonyl (C=O) groups excluding carboxylic acids is 1. The van der Waals surface area contributed by atoms with Crippen LogP contribution in [0.5, 0.6) is 0 Å². The normalized spacial score (nSPS) is 21.8. The number of benzene rings is 1. The molecule has 1 aliphatic heterocycles. The maximum atomic E-state index is 11.5. The molecule has 1 aromatic rings. The van der Waals surface area contributed by atoms with Gasteiger partial charge in [0.05, 0.1) is 0 Å². The van der Waals surface area contributed by atoms with Crippen LogP contribution in [-0.2, 0) is 4.79 Å². The smallest absolute Gasteiger partial charge is 0.241 e. The van der Waals surface area contributed by atoms with Gasteiger partial charge in [0.25, 0.3) is 0 Å². The minimum atomic E-state index is -0.308. The van der Waals surface area contributed by atoms with Crippen LogP contribution in [0.3, 0.4) is 0 Å². The van der Waals surface area contributed by atoms with Crippen LogP contribution in [0.4, 0.5) is 0 Å². The third-order valence-corrected chi connectivity index (χ3v) is 2.60. The molecule has 0 aliphatic carbocycles. The van der Waals surface area contributed by atoms with Crippen molar-refractivity contribution in [2.45, 2.75) is 6.04 Å². The van der Waals surface area contributed by atoms with E-state index in [0.717, 1.165) is 12.1 Å². The second-order valence-electron chi connectivity index (χ2n) is 3.20. The Hall–Kier alpha value is -1.06. The molecule has 1 saturated heterocycles. The van der Waals surface area contributed by atoms with Gasteiger partial charge in [-0.15, -0.1) is 0 Å². The summed E-state index contributed by atoms with van der Waals surface area (Å²) >= 11 is 6.00. The zero-order valence-electron chi connectivity index (χ0n) is 7.59. The van der Waals surface area contributed by atoms with E-state index < -0.39 is 0 Å². The van der Waals surface area contributed by atoms with E-state index in [1.807, 2.05) is 18.2 Å². The number of nitrogens with one attached hydrogen (secondary N) is 2. The van der Waals surface area contributed by atoms with E-state index >= 15 is 0 Å². The van der Waals surface area contributed by atoms with Crippen LogP contribution >= 0.6 is 11.6 Å². The Morgan fingerprint density at radius 3 is 2.79 bits per heavy atom. The Morgan fingerprint density at radius 1 is 1.29 bits per heavy atom. The number of rotatable bonds is 1. The van der Waals surface area contributed by atoms with Crippen LogP contribution in [0.15, 0.2) is 24.3 Å². The average Bonchev–Trinajstić information content (AvgIpc) is 2.20. The SMILES string of the molecule is O=C1NCCN[C@H]1c1ccccc1Cl. The standard InChI is InChI=1S/C10H11ClN2O/c11-8-4-2-1-3-7(8)9-10(14)13-6-5-12-9/h1-4,9,12H,5-6H2,(H,13,14)/t9-/m0/s1. The van der Waals surface area contributed by atoms with Crippen molar-refractivity contribution >= 4 is 17.5 Å². The molecule has 1 aliphatic rings. The summed E-state index contributed by atoms with van der Waals surface area (Å²) in [7, 11) is 0. The van der Waals surface area contributed by atoms with Crippen molar-refractivity contribution in [3.8, 4) is 0 Å². The molecule has 3 nitrogen and oxygen atoms in total. The number of hydrogen-bond acceptors (Lipinski definition) is 2. The minimum absolute atomic E-state index is 0.00986. The highest BCUT2D eigenvalue weighted by molar-refractivity contribution is 6.31. The summed E-state index contributed by atoms with van der Waals surface area (Å²) in [5.41, 5.74) is 0.839. The second-order valence-corrected chi connectivity index (χ2v) is 3.61. The van der Waals surface area contributed by atoms with E-state index in [2.05, 4.69) is 10.6 Å². The summed E-state index contributed by atoms with van der Waals surface area (Å²) in [6.07, 6.45) is 0. The minimum Gasteiger partial charge on any atom is -0.353 e. The molecule has 74 valence electrons. The average molecular weight is 211 g/mol. The fraction of sp³-hybridized carbons (Fsp3) is 0.300. The monoisotopic (exact) mass is 210 g/mol. The molecule has 1 fully saturated rings. The third kappa shape index (κ3) is 1.74. The fourth-order valence-electron chi connectivity index (χ4n) is 1.56. The van der Waals surface area contributed by atoms with Gasteiger partial charge in [-0.25, -0.2) is 0 Å². The second kappa shape index (κ2) is 3.98. The Morgan fingerprint density at radius 2 is 2.07 bits per heavy atom. The van der Waals surface area contributed by atoms with Crippen LogP contribution in [-0.4, -0.2) is 19.0 Å². The molecular formula is C10H11ClN2O. The van der Waals surface area contributed by atoms with E-state index in [0.29, 0.717) is 11.6 Å². The molecule has 1 aromatic carbocycles. The molecular weight excluding hydrogens is 200 g/mol. The van der Waals surface area contributed by atoms with Crippen LogP contribution in [0.1, 0.15) is 11.6 Å². The number of hydrogen-bond donors (Lipinski definition) is 2. The quantitative estimate of drug-likeness (QED) is 0.729. The maximum Gasteiger partial charge on any atom is 0.241 e. The lowest BCUT2D eigenvalue weighted by atomic mass is 10.0. The molecule has 1 heterocycles. The van der Waals surface area contributed by atoms with E-state index in [1.165, 1.54) is 0 Å². The van der Waals surface area contributed by atoms with Crippen molar-refractivity contribution in [2.24, 2.45) is 0 Å². The predicted molar refractivity (Wildman–Crippen MR) is 55.2 cm³/mol. The molecule has 2 N–H and O–H groups in total. The van der Waals surface area contributed by atoms with E-state index in [9.17, 15) is 4.79 Å². The molecule has 0 bridgehead atoms. The van der Waals surface area contributed by atoms with Gasteiger partial charge in [-0.2, -0.15) is 0 Å². The number of halogens is 1. The summed E-state index contributed by atoms with van der Waals surface area (Å²) < 4.78 is 0.